The van der Waals surface area contributed by atoms with Crippen molar-refractivity contribution in [2.75, 3.05) is 18.5 Å². The summed E-state index contributed by atoms with van der Waals surface area (Å²) < 4.78 is 1.75. The molecule has 0 bridgehead atoms. The van der Waals surface area contributed by atoms with Gasteiger partial charge in [0.1, 0.15) is 0 Å². The Kier molecular flexibility index (Phi) is 3.02. The van der Waals surface area contributed by atoms with Gasteiger partial charge in [-0.3, -0.25) is 0 Å². The third-order valence-electron chi connectivity index (χ3n) is 2.63. The summed E-state index contributed by atoms with van der Waals surface area (Å²) >= 11 is 0. The summed E-state index contributed by atoms with van der Waals surface area (Å²) in [5, 5.41) is 16.6. The molecule has 0 fully saturated rings. The quantitative estimate of drug-likeness (QED) is 0.841. The molecule has 0 saturated heterocycles. The fraction of sp³-hybridized carbons (Fsp3) is 0.500. The van der Waals surface area contributed by atoms with Crippen LogP contribution in [0.4, 0.5) is 5.95 Å². The Morgan fingerprint density at radius 3 is 2.88 bits per heavy atom. The van der Waals surface area contributed by atoms with Gasteiger partial charge in [-0.25, -0.2) is 4.52 Å². The van der Waals surface area contributed by atoms with Crippen molar-refractivity contribution in [3.8, 4) is 0 Å². The second kappa shape index (κ2) is 4.33. The van der Waals surface area contributed by atoms with Crippen molar-refractivity contribution < 1.29 is 5.11 Å². The number of aryl methyl sites for hydroxylation is 1. The van der Waals surface area contributed by atoms with Crippen LogP contribution in [-0.4, -0.2) is 32.9 Å². The molecule has 0 spiro atoms. The van der Waals surface area contributed by atoms with Crippen LogP contribution in [0.2, 0.25) is 0 Å². The third kappa shape index (κ3) is 2.74. The lowest BCUT2D eigenvalue weighted by Gasteiger charge is -2.20. The average molecular weight is 234 g/mol. The molecule has 0 amide bonds. The van der Waals surface area contributed by atoms with E-state index in [2.05, 4.69) is 15.4 Å². The molecule has 0 saturated carbocycles. The van der Waals surface area contributed by atoms with E-state index in [4.69, 9.17) is 5.11 Å². The second-order valence-corrected chi connectivity index (χ2v) is 5.12. The summed E-state index contributed by atoms with van der Waals surface area (Å²) in [4.78, 5) is 4.35. The summed E-state index contributed by atoms with van der Waals surface area (Å²) in [6.07, 6.45) is 1.94. The second-order valence-electron chi connectivity index (χ2n) is 5.12. The molecule has 2 aromatic rings. The highest BCUT2D eigenvalue weighted by Crippen LogP contribution is 2.14. The molecule has 0 aliphatic carbocycles. The van der Waals surface area contributed by atoms with Crippen molar-refractivity contribution in [3.63, 3.8) is 0 Å². The van der Waals surface area contributed by atoms with Crippen LogP contribution in [0.3, 0.4) is 0 Å². The summed E-state index contributed by atoms with van der Waals surface area (Å²) in [5.74, 6) is 0.595. The van der Waals surface area contributed by atoms with Crippen molar-refractivity contribution >= 4 is 11.6 Å². The van der Waals surface area contributed by atoms with Crippen molar-refractivity contribution in [1.29, 1.82) is 0 Å². The molecule has 2 rings (SSSR count). The number of aliphatic hydroxyl groups excluding tert-OH is 1. The van der Waals surface area contributed by atoms with Gasteiger partial charge in [0.25, 0.3) is 0 Å². The largest absolute Gasteiger partial charge is 0.396 e. The van der Waals surface area contributed by atoms with Gasteiger partial charge < -0.3 is 10.4 Å². The SMILES string of the molecule is Cc1ccc2nc(NCC(C)(C)CO)nn2c1. The third-order valence-corrected chi connectivity index (χ3v) is 2.63. The molecular formula is C12H18N4O. The Labute approximate surface area is 100 Å². The Hall–Kier alpha value is -1.62. The van der Waals surface area contributed by atoms with Crippen LogP contribution in [0.1, 0.15) is 19.4 Å². The Balaban J connectivity index is 2.15. The number of nitrogens with zero attached hydrogens (tertiary/aromatic N) is 3. The van der Waals surface area contributed by atoms with Crippen LogP contribution in [0.25, 0.3) is 5.65 Å². The van der Waals surface area contributed by atoms with Gasteiger partial charge in [-0.05, 0) is 18.6 Å². The topological polar surface area (TPSA) is 62.5 Å². The van der Waals surface area contributed by atoms with Gasteiger partial charge in [0.05, 0.1) is 0 Å². The van der Waals surface area contributed by atoms with E-state index in [1.807, 2.05) is 39.1 Å². The zero-order valence-corrected chi connectivity index (χ0v) is 10.4. The number of anilines is 1. The molecule has 0 aromatic carbocycles. The number of rotatable bonds is 4. The fourth-order valence-electron chi connectivity index (χ4n) is 1.44. The van der Waals surface area contributed by atoms with Crippen LogP contribution in [0, 0.1) is 12.3 Å². The van der Waals surface area contributed by atoms with Crippen molar-refractivity contribution in [2.24, 2.45) is 5.41 Å². The number of hydrogen-bond donors (Lipinski definition) is 2. The van der Waals surface area contributed by atoms with Crippen molar-refractivity contribution in [1.82, 2.24) is 14.6 Å². The van der Waals surface area contributed by atoms with E-state index in [1.54, 1.807) is 4.52 Å². The van der Waals surface area contributed by atoms with Crippen molar-refractivity contribution in [2.45, 2.75) is 20.8 Å². The maximum atomic E-state index is 9.16. The highest BCUT2D eigenvalue weighted by Gasteiger charge is 2.16. The van der Waals surface area contributed by atoms with Crippen LogP contribution in [0.5, 0.6) is 0 Å². The zero-order valence-electron chi connectivity index (χ0n) is 10.4. The molecular weight excluding hydrogens is 216 g/mol. The fourth-order valence-corrected chi connectivity index (χ4v) is 1.44. The normalized spacial score (nSPS) is 12.0. The maximum absolute atomic E-state index is 9.16. The first-order valence-corrected chi connectivity index (χ1v) is 5.68. The molecule has 5 heteroatoms. The van der Waals surface area contributed by atoms with E-state index in [9.17, 15) is 0 Å². The molecule has 2 heterocycles. The standard InChI is InChI=1S/C12H18N4O/c1-9-4-5-10-14-11(15-16(10)6-9)13-7-12(2,3)8-17/h4-6,17H,7-8H2,1-3H3,(H,13,15). The van der Waals surface area contributed by atoms with Crippen LogP contribution in [0.15, 0.2) is 18.3 Å². The summed E-state index contributed by atoms with van der Waals surface area (Å²) in [6.45, 7) is 6.76. The van der Waals surface area contributed by atoms with Gasteiger partial charge in [0.2, 0.25) is 5.95 Å². The lowest BCUT2D eigenvalue weighted by atomic mass is 9.95. The molecule has 0 radical (unpaired) electrons. The van der Waals surface area contributed by atoms with Crippen LogP contribution >= 0.6 is 0 Å². The number of aliphatic hydroxyl groups is 1. The van der Waals surface area contributed by atoms with Gasteiger partial charge >= 0.3 is 0 Å². The smallest absolute Gasteiger partial charge is 0.243 e. The highest BCUT2D eigenvalue weighted by atomic mass is 16.3. The molecule has 0 unspecified atom stereocenters. The molecule has 0 aliphatic rings. The lowest BCUT2D eigenvalue weighted by molar-refractivity contribution is 0.170. The molecule has 0 atom stereocenters. The molecule has 92 valence electrons. The minimum absolute atomic E-state index is 0.131. The molecule has 2 aromatic heterocycles. The minimum atomic E-state index is -0.173. The Morgan fingerprint density at radius 2 is 2.18 bits per heavy atom. The van der Waals surface area contributed by atoms with E-state index in [0.29, 0.717) is 12.5 Å². The first-order chi connectivity index (χ1) is 8.00. The van der Waals surface area contributed by atoms with E-state index in [1.165, 1.54) is 0 Å². The van der Waals surface area contributed by atoms with E-state index < -0.39 is 0 Å². The van der Waals surface area contributed by atoms with E-state index in [0.717, 1.165) is 11.2 Å². The van der Waals surface area contributed by atoms with Gasteiger partial charge in [0.15, 0.2) is 5.65 Å². The van der Waals surface area contributed by atoms with E-state index >= 15 is 0 Å². The van der Waals surface area contributed by atoms with Gasteiger partial charge in [0, 0.05) is 24.8 Å². The summed E-state index contributed by atoms with van der Waals surface area (Å²) in [5.41, 5.74) is 1.79. The van der Waals surface area contributed by atoms with Crippen LogP contribution < -0.4 is 5.32 Å². The highest BCUT2D eigenvalue weighted by molar-refractivity contribution is 5.44. The number of pyridine rings is 1. The van der Waals surface area contributed by atoms with Crippen molar-refractivity contribution in [3.05, 3.63) is 23.9 Å². The van der Waals surface area contributed by atoms with Crippen LogP contribution in [-0.2, 0) is 0 Å². The van der Waals surface area contributed by atoms with Gasteiger partial charge in [-0.2, -0.15) is 4.98 Å². The molecule has 5 nitrogen and oxygen atoms in total. The minimum Gasteiger partial charge on any atom is -0.396 e. The number of nitrogens with one attached hydrogen (secondary N) is 1. The monoisotopic (exact) mass is 234 g/mol. The average Bonchev–Trinajstić information content (AvgIpc) is 2.68. The molecule has 2 N–H and O–H groups in total. The first kappa shape index (κ1) is 11.9. The van der Waals surface area contributed by atoms with Gasteiger partial charge in [-0.1, -0.05) is 19.9 Å². The number of hydrogen-bond acceptors (Lipinski definition) is 4. The molecule has 0 aliphatic heterocycles. The predicted molar refractivity (Wildman–Crippen MR) is 67.1 cm³/mol. The van der Waals surface area contributed by atoms with Gasteiger partial charge in [-0.15, -0.1) is 5.10 Å². The Morgan fingerprint density at radius 1 is 1.41 bits per heavy atom. The maximum Gasteiger partial charge on any atom is 0.243 e. The number of fused-ring (bicyclic) bond motifs is 1. The predicted octanol–water partition coefficient (Wildman–Crippen LogP) is 1.47. The summed E-state index contributed by atoms with van der Waals surface area (Å²) in [7, 11) is 0. The number of aromatic nitrogens is 3. The Bertz CT molecular complexity index is 518. The first-order valence-electron chi connectivity index (χ1n) is 5.68. The molecule has 17 heavy (non-hydrogen) atoms. The van der Waals surface area contributed by atoms with E-state index in [-0.39, 0.29) is 12.0 Å². The lowest BCUT2D eigenvalue weighted by Crippen LogP contribution is -2.27. The zero-order chi connectivity index (χ0) is 12.5. The summed E-state index contributed by atoms with van der Waals surface area (Å²) in [6, 6.07) is 3.94.